The van der Waals surface area contributed by atoms with Crippen LogP contribution in [0.2, 0.25) is 0 Å². The molecule has 2 aliphatic rings. The van der Waals surface area contributed by atoms with Crippen molar-refractivity contribution >= 4 is 28.7 Å². The van der Waals surface area contributed by atoms with Gasteiger partial charge in [-0.3, -0.25) is 0 Å². The van der Waals surface area contributed by atoms with Gasteiger partial charge in [0.2, 0.25) is 0 Å². The summed E-state index contributed by atoms with van der Waals surface area (Å²) in [4.78, 5) is 12.4. The Morgan fingerprint density at radius 1 is 1.33 bits per heavy atom. The van der Waals surface area contributed by atoms with E-state index in [1.165, 1.54) is 5.56 Å². The predicted octanol–water partition coefficient (Wildman–Crippen LogP) is 1.29. The van der Waals surface area contributed by atoms with Crippen LogP contribution in [-0.2, 0) is 0 Å². The van der Waals surface area contributed by atoms with Gasteiger partial charge in [0.15, 0.2) is 5.82 Å². The molecule has 1 saturated heterocycles. The summed E-state index contributed by atoms with van der Waals surface area (Å²) in [6.07, 6.45) is 1.94. The van der Waals surface area contributed by atoms with Crippen LogP contribution in [0.4, 0.5) is 11.5 Å². The molecule has 0 radical (unpaired) electrons. The highest BCUT2D eigenvalue weighted by molar-refractivity contribution is 7.80. The van der Waals surface area contributed by atoms with E-state index in [1.54, 1.807) is 0 Å². The third kappa shape index (κ3) is 1.69. The normalized spacial score (nSPS) is 23.9. The third-order valence-electron chi connectivity index (χ3n) is 3.82. The van der Waals surface area contributed by atoms with Crippen molar-refractivity contribution in [2.45, 2.75) is 13.0 Å². The van der Waals surface area contributed by atoms with Gasteiger partial charge in [0.25, 0.3) is 0 Å². The summed E-state index contributed by atoms with van der Waals surface area (Å²) in [7, 11) is 4.20. The predicted molar refractivity (Wildman–Crippen MR) is 78.6 cm³/mol. The molecule has 3 rings (SSSR count). The number of aromatic nitrogens is 1. The Labute approximate surface area is 113 Å². The van der Waals surface area contributed by atoms with Crippen molar-refractivity contribution in [3.8, 4) is 0 Å². The van der Waals surface area contributed by atoms with Gasteiger partial charge in [0, 0.05) is 32.9 Å². The Hall–Kier alpha value is -1.20. The fraction of sp³-hybridized carbons (Fsp3) is 0.538. The minimum Gasteiger partial charge on any atom is -0.343 e. The van der Waals surface area contributed by atoms with Crippen LogP contribution in [0.5, 0.6) is 0 Å². The quantitative estimate of drug-likeness (QED) is 0.655. The molecular weight excluding hydrogens is 244 g/mol. The minimum absolute atomic E-state index is 0.284. The number of piperazine rings is 1. The molecule has 18 heavy (non-hydrogen) atoms. The number of hydrogen-bond acceptors (Lipinski definition) is 4. The van der Waals surface area contributed by atoms with Crippen molar-refractivity contribution in [3.05, 3.63) is 17.8 Å². The summed E-state index contributed by atoms with van der Waals surface area (Å²) in [5, 5.41) is 0. The second-order valence-electron chi connectivity index (χ2n) is 5.22. The molecule has 1 atom stereocenters. The van der Waals surface area contributed by atoms with E-state index in [1.807, 2.05) is 13.2 Å². The van der Waals surface area contributed by atoms with Crippen LogP contribution in [0, 0.1) is 6.92 Å². The standard InChI is InChI=1S/C13H18N4S/c1-9-6-10-12(14-7-9)17-5-4-15(2)8-11(17)13(18)16(10)3/h6-7,11H,4-5,8H2,1-3H3/t11-/m1/s1. The number of aryl methyl sites for hydroxylation is 1. The second kappa shape index (κ2) is 4.17. The Bertz CT molecular complexity index is 502. The fourth-order valence-electron chi connectivity index (χ4n) is 2.74. The van der Waals surface area contributed by atoms with Gasteiger partial charge in [-0.15, -0.1) is 0 Å². The lowest BCUT2D eigenvalue weighted by atomic mass is 10.1. The first-order valence-corrected chi connectivity index (χ1v) is 6.68. The molecule has 1 aromatic rings. The molecule has 0 saturated carbocycles. The Morgan fingerprint density at radius 3 is 2.89 bits per heavy atom. The van der Waals surface area contributed by atoms with E-state index in [9.17, 15) is 0 Å². The summed E-state index contributed by atoms with van der Waals surface area (Å²) >= 11 is 5.63. The zero-order chi connectivity index (χ0) is 12.9. The molecule has 0 amide bonds. The molecule has 96 valence electrons. The SMILES string of the molecule is Cc1cnc2c(c1)N(C)C(=S)[C@H]1CN(C)CCN21. The maximum atomic E-state index is 5.63. The van der Waals surface area contributed by atoms with Crippen LogP contribution in [0.25, 0.3) is 0 Å². The lowest BCUT2D eigenvalue weighted by Crippen LogP contribution is -2.61. The fourth-order valence-corrected chi connectivity index (χ4v) is 3.04. The van der Waals surface area contributed by atoms with Crippen molar-refractivity contribution in [1.29, 1.82) is 0 Å². The summed E-state index contributed by atoms with van der Waals surface area (Å²) in [6.45, 7) is 5.12. The molecule has 0 bridgehead atoms. The molecule has 2 aliphatic heterocycles. The van der Waals surface area contributed by atoms with Crippen LogP contribution in [0.15, 0.2) is 12.3 Å². The first-order chi connectivity index (χ1) is 8.58. The van der Waals surface area contributed by atoms with E-state index in [4.69, 9.17) is 12.2 Å². The molecule has 0 aromatic carbocycles. The monoisotopic (exact) mass is 262 g/mol. The van der Waals surface area contributed by atoms with Crippen molar-refractivity contribution < 1.29 is 0 Å². The Morgan fingerprint density at radius 2 is 2.11 bits per heavy atom. The molecule has 0 aliphatic carbocycles. The average Bonchev–Trinajstić information content (AvgIpc) is 2.36. The second-order valence-corrected chi connectivity index (χ2v) is 5.64. The molecule has 0 spiro atoms. The molecule has 0 unspecified atom stereocenters. The largest absolute Gasteiger partial charge is 0.343 e. The van der Waals surface area contributed by atoms with Crippen molar-refractivity contribution in [2.24, 2.45) is 0 Å². The molecule has 3 heterocycles. The highest BCUT2D eigenvalue weighted by atomic mass is 32.1. The van der Waals surface area contributed by atoms with Gasteiger partial charge in [-0.05, 0) is 25.6 Å². The van der Waals surface area contributed by atoms with Crippen LogP contribution in [0.1, 0.15) is 5.56 Å². The Kier molecular flexibility index (Phi) is 2.75. The van der Waals surface area contributed by atoms with Gasteiger partial charge < -0.3 is 14.7 Å². The molecule has 0 N–H and O–H groups in total. The lowest BCUT2D eigenvalue weighted by Gasteiger charge is -2.47. The summed E-state index contributed by atoms with van der Waals surface area (Å²) in [5.41, 5.74) is 2.32. The number of fused-ring (bicyclic) bond motifs is 3. The highest BCUT2D eigenvalue weighted by Crippen LogP contribution is 2.35. The van der Waals surface area contributed by atoms with Gasteiger partial charge >= 0.3 is 0 Å². The first-order valence-electron chi connectivity index (χ1n) is 6.27. The number of anilines is 2. The van der Waals surface area contributed by atoms with Crippen LogP contribution in [0.3, 0.4) is 0 Å². The van der Waals surface area contributed by atoms with Crippen molar-refractivity contribution in [1.82, 2.24) is 9.88 Å². The minimum atomic E-state index is 0.284. The van der Waals surface area contributed by atoms with Crippen LogP contribution >= 0.6 is 12.2 Å². The smallest absolute Gasteiger partial charge is 0.153 e. The number of hydrogen-bond donors (Lipinski definition) is 0. The van der Waals surface area contributed by atoms with Gasteiger partial charge in [0.1, 0.15) is 4.99 Å². The van der Waals surface area contributed by atoms with Gasteiger partial charge in [-0.1, -0.05) is 12.2 Å². The first kappa shape index (κ1) is 11.9. The summed E-state index contributed by atoms with van der Waals surface area (Å²) in [5.74, 6) is 1.08. The number of likely N-dealkylation sites (N-methyl/N-ethyl adjacent to an activating group) is 2. The maximum absolute atomic E-state index is 5.63. The van der Waals surface area contributed by atoms with Gasteiger partial charge in [-0.25, -0.2) is 4.98 Å². The van der Waals surface area contributed by atoms with Crippen molar-refractivity contribution in [2.75, 3.05) is 43.5 Å². The molecule has 1 fully saturated rings. The van der Waals surface area contributed by atoms with E-state index in [-0.39, 0.29) is 6.04 Å². The topological polar surface area (TPSA) is 22.6 Å². The van der Waals surface area contributed by atoms with E-state index in [0.29, 0.717) is 0 Å². The molecule has 4 nitrogen and oxygen atoms in total. The summed E-state index contributed by atoms with van der Waals surface area (Å²) in [6, 6.07) is 2.45. The Balaban J connectivity index is 2.08. The van der Waals surface area contributed by atoms with E-state index in [0.717, 1.165) is 36.1 Å². The zero-order valence-corrected chi connectivity index (χ0v) is 11.9. The number of nitrogens with zero attached hydrogens (tertiary/aromatic N) is 4. The molecular formula is C13H18N4S. The zero-order valence-electron chi connectivity index (χ0n) is 11.1. The van der Waals surface area contributed by atoms with E-state index < -0.39 is 0 Å². The van der Waals surface area contributed by atoms with E-state index >= 15 is 0 Å². The number of rotatable bonds is 0. The molecule has 5 heteroatoms. The summed E-state index contributed by atoms with van der Waals surface area (Å²) < 4.78 is 0. The van der Waals surface area contributed by atoms with Crippen LogP contribution in [-0.4, -0.2) is 54.6 Å². The lowest BCUT2D eigenvalue weighted by molar-refractivity contribution is 0.292. The average molecular weight is 262 g/mol. The third-order valence-corrected chi connectivity index (χ3v) is 4.36. The van der Waals surface area contributed by atoms with Crippen molar-refractivity contribution in [3.63, 3.8) is 0 Å². The number of thiocarbonyl (C=S) groups is 1. The highest BCUT2D eigenvalue weighted by Gasteiger charge is 2.37. The maximum Gasteiger partial charge on any atom is 0.153 e. The van der Waals surface area contributed by atoms with E-state index in [2.05, 4.69) is 39.7 Å². The van der Waals surface area contributed by atoms with Crippen LogP contribution < -0.4 is 9.80 Å². The number of pyridine rings is 1. The van der Waals surface area contributed by atoms with Gasteiger partial charge in [0.05, 0.1) is 11.7 Å². The van der Waals surface area contributed by atoms with Gasteiger partial charge in [-0.2, -0.15) is 0 Å². The molecule has 1 aromatic heterocycles.